The third-order valence-corrected chi connectivity index (χ3v) is 7.89. The van der Waals surface area contributed by atoms with Gasteiger partial charge in [-0.05, 0) is 74.3 Å². The van der Waals surface area contributed by atoms with Crippen LogP contribution in [0.2, 0.25) is 5.02 Å². The van der Waals surface area contributed by atoms with Gasteiger partial charge in [-0.15, -0.1) is 0 Å². The van der Waals surface area contributed by atoms with E-state index in [9.17, 15) is 14.7 Å². The van der Waals surface area contributed by atoms with Crippen LogP contribution >= 0.6 is 11.6 Å². The fourth-order valence-electron chi connectivity index (χ4n) is 5.97. The van der Waals surface area contributed by atoms with Crippen LogP contribution in [0.1, 0.15) is 42.6 Å². The van der Waals surface area contributed by atoms with Crippen LogP contribution < -0.4 is 0 Å². The molecule has 2 fully saturated rings. The van der Waals surface area contributed by atoms with E-state index in [0.717, 1.165) is 53.7 Å². The fraction of sp³-hybridized carbons (Fsp3) is 0.385. The van der Waals surface area contributed by atoms with Gasteiger partial charge >= 0.3 is 6.03 Å². The summed E-state index contributed by atoms with van der Waals surface area (Å²) in [5.41, 5.74) is 2.50. The Morgan fingerprint density at radius 1 is 1.12 bits per heavy atom. The number of aromatic amines is 1. The van der Waals surface area contributed by atoms with Crippen molar-refractivity contribution in [3.05, 3.63) is 64.3 Å². The number of urea groups is 1. The molecule has 0 spiro atoms. The first-order valence-corrected chi connectivity index (χ1v) is 12.2. The summed E-state index contributed by atoms with van der Waals surface area (Å²) in [6, 6.07) is 11.8. The fourth-order valence-corrected chi connectivity index (χ4v) is 6.14. The van der Waals surface area contributed by atoms with Crippen molar-refractivity contribution in [2.75, 3.05) is 26.2 Å². The minimum Gasteiger partial charge on any atom is -0.508 e. The number of nitrogens with zero attached hydrogens (tertiary/aromatic N) is 3. The lowest BCUT2D eigenvalue weighted by Gasteiger charge is -2.42. The van der Waals surface area contributed by atoms with Gasteiger partial charge < -0.3 is 15.0 Å². The Morgan fingerprint density at radius 2 is 1.91 bits per heavy atom. The molecular weight excluding hydrogens is 452 g/mol. The van der Waals surface area contributed by atoms with E-state index in [-0.39, 0.29) is 17.7 Å². The highest BCUT2D eigenvalue weighted by molar-refractivity contribution is 6.31. The normalized spacial score (nSPS) is 24.8. The van der Waals surface area contributed by atoms with Crippen LogP contribution in [0.3, 0.4) is 0 Å². The Morgan fingerprint density at radius 3 is 2.68 bits per heavy atom. The minimum atomic E-state index is -1.03. The molecule has 0 unspecified atom stereocenters. The lowest BCUT2D eigenvalue weighted by molar-refractivity contribution is -0.133. The summed E-state index contributed by atoms with van der Waals surface area (Å²) < 4.78 is 0. The molecule has 2 atom stereocenters. The molecule has 0 radical (unpaired) electrons. The number of hydrogen-bond acceptors (Lipinski definition) is 4. The number of carbonyl (C=O) groups excluding carboxylic acids is 2. The van der Waals surface area contributed by atoms with Crippen molar-refractivity contribution < 1.29 is 14.7 Å². The molecule has 4 heterocycles. The van der Waals surface area contributed by atoms with Crippen LogP contribution in [-0.2, 0) is 11.2 Å². The summed E-state index contributed by atoms with van der Waals surface area (Å²) in [5.74, 6) is -0.0433. The molecule has 3 amide bonds. The van der Waals surface area contributed by atoms with E-state index in [2.05, 4.69) is 9.88 Å². The van der Waals surface area contributed by atoms with E-state index in [1.54, 1.807) is 23.1 Å². The number of phenolic OH excluding ortho intramolecular Hbond substituents is 1. The lowest BCUT2D eigenvalue weighted by atomic mass is 9.81. The monoisotopic (exact) mass is 478 g/mol. The van der Waals surface area contributed by atoms with Gasteiger partial charge in [0.25, 0.3) is 5.91 Å². The topological polar surface area (TPSA) is 79.9 Å². The van der Waals surface area contributed by atoms with Crippen molar-refractivity contribution in [1.82, 2.24) is 19.7 Å². The summed E-state index contributed by atoms with van der Waals surface area (Å²) in [6.07, 6.45) is 2.73. The number of benzene rings is 2. The van der Waals surface area contributed by atoms with Crippen LogP contribution in [0.5, 0.6) is 5.75 Å². The summed E-state index contributed by atoms with van der Waals surface area (Å²) in [4.78, 5) is 36.6. The number of halogens is 1. The molecule has 34 heavy (non-hydrogen) atoms. The summed E-state index contributed by atoms with van der Waals surface area (Å²) in [5, 5.41) is 11.8. The largest absolute Gasteiger partial charge is 0.508 e. The van der Waals surface area contributed by atoms with Crippen molar-refractivity contribution in [3.8, 4) is 5.75 Å². The standard InChI is InChI=1S/C26H27ClN4O3/c1-26-15-20-19-14-17(27)7-8-21(19)28-22(20)23(16-5-4-6-18(32)13-16)31(26)25(34)30(24(26)33)12-11-29-9-2-3-10-29/h4-8,13-14,23,28,32H,2-3,9-12,15H2,1H3/t23-,26+/m1/s1. The predicted octanol–water partition coefficient (Wildman–Crippen LogP) is 4.29. The Hall–Kier alpha value is -3.03. The molecule has 0 bridgehead atoms. The number of imide groups is 1. The number of nitrogens with one attached hydrogen (secondary N) is 1. The molecule has 8 heteroatoms. The molecule has 3 aromatic rings. The second-order valence-corrected chi connectivity index (χ2v) is 10.2. The van der Waals surface area contributed by atoms with E-state index in [1.165, 1.54) is 4.90 Å². The number of aromatic nitrogens is 1. The maximum atomic E-state index is 13.8. The zero-order valence-electron chi connectivity index (χ0n) is 19.1. The number of H-pyrrole nitrogens is 1. The maximum absolute atomic E-state index is 13.8. The summed E-state index contributed by atoms with van der Waals surface area (Å²) in [6.45, 7) is 4.98. The zero-order valence-corrected chi connectivity index (χ0v) is 19.8. The van der Waals surface area contributed by atoms with Crippen LogP contribution in [0.25, 0.3) is 10.9 Å². The van der Waals surface area contributed by atoms with Gasteiger partial charge in [-0.25, -0.2) is 4.79 Å². The number of likely N-dealkylation sites (tertiary alicyclic amines) is 1. The number of phenols is 1. The highest BCUT2D eigenvalue weighted by atomic mass is 35.5. The lowest BCUT2D eigenvalue weighted by Crippen LogP contribution is -2.53. The van der Waals surface area contributed by atoms with E-state index in [4.69, 9.17) is 11.6 Å². The van der Waals surface area contributed by atoms with E-state index in [0.29, 0.717) is 24.5 Å². The number of carbonyl (C=O) groups is 2. The maximum Gasteiger partial charge on any atom is 0.328 e. The second-order valence-electron chi connectivity index (χ2n) is 9.81. The molecule has 6 rings (SSSR count). The molecule has 2 saturated heterocycles. The summed E-state index contributed by atoms with van der Waals surface area (Å²) >= 11 is 6.33. The molecule has 176 valence electrons. The van der Waals surface area contributed by atoms with Crippen LogP contribution in [-0.4, -0.2) is 68.4 Å². The van der Waals surface area contributed by atoms with E-state index in [1.807, 2.05) is 31.2 Å². The van der Waals surface area contributed by atoms with Gasteiger partial charge in [0.05, 0.1) is 0 Å². The molecule has 1 aromatic heterocycles. The van der Waals surface area contributed by atoms with Crippen molar-refractivity contribution in [1.29, 1.82) is 0 Å². The zero-order chi connectivity index (χ0) is 23.6. The van der Waals surface area contributed by atoms with Gasteiger partial charge in [-0.1, -0.05) is 23.7 Å². The van der Waals surface area contributed by atoms with Crippen LogP contribution in [0.4, 0.5) is 4.79 Å². The van der Waals surface area contributed by atoms with Gasteiger partial charge in [0.1, 0.15) is 17.3 Å². The average molecular weight is 479 g/mol. The third kappa shape index (κ3) is 3.14. The molecule has 3 aliphatic heterocycles. The molecule has 7 nitrogen and oxygen atoms in total. The molecule has 2 N–H and O–H groups in total. The first-order chi connectivity index (χ1) is 16.4. The highest BCUT2D eigenvalue weighted by Gasteiger charge is 2.60. The van der Waals surface area contributed by atoms with Gasteiger partial charge in [0.2, 0.25) is 0 Å². The first-order valence-electron chi connectivity index (χ1n) is 11.8. The Bertz CT molecular complexity index is 1310. The van der Waals surface area contributed by atoms with Crippen LogP contribution in [0, 0.1) is 0 Å². The average Bonchev–Trinajstić information content (AvgIpc) is 3.49. The smallest absolute Gasteiger partial charge is 0.328 e. The van der Waals surface area contributed by atoms with Crippen molar-refractivity contribution in [2.45, 2.75) is 37.8 Å². The quantitative estimate of drug-likeness (QED) is 0.548. The molecular formula is C26H27ClN4O3. The second kappa shape index (κ2) is 7.75. The SMILES string of the molecule is C[C@@]12Cc3c([nH]c4ccc(Cl)cc34)[C@@H](c3cccc(O)c3)N1C(=O)N(CCN1CCCC1)C2=O. The Balaban J connectivity index is 1.48. The molecule has 0 aliphatic carbocycles. The van der Waals surface area contributed by atoms with Crippen LogP contribution in [0.15, 0.2) is 42.5 Å². The molecule has 3 aliphatic rings. The predicted molar refractivity (Wildman–Crippen MR) is 130 cm³/mol. The van der Waals surface area contributed by atoms with Crippen molar-refractivity contribution in [2.24, 2.45) is 0 Å². The summed E-state index contributed by atoms with van der Waals surface area (Å²) in [7, 11) is 0. The number of amides is 3. The van der Waals surface area contributed by atoms with Gasteiger partial charge in [-0.2, -0.15) is 0 Å². The number of aromatic hydroxyl groups is 1. The number of hydrogen-bond donors (Lipinski definition) is 2. The number of rotatable bonds is 4. The van der Waals surface area contributed by atoms with Crippen molar-refractivity contribution in [3.63, 3.8) is 0 Å². The van der Waals surface area contributed by atoms with E-state index >= 15 is 0 Å². The van der Waals surface area contributed by atoms with Gasteiger partial charge in [0.15, 0.2) is 0 Å². The molecule has 2 aromatic carbocycles. The molecule has 0 saturated carbocycles. The highest BCUT2D eigenvalue weighted by Crippen LogP contribution is 2.49. The Kier molecular flexibility index (Phi) is 4.90. The van der Waals surface area contributed by atoms with E-state index < -0.39 is 11.6 Å². The minimum absolute atomic E-state index is 0.120. The Labute approximate surface area is 202 Å². The first kappa shape index (κ1) is 21.5. The van der Waals surface area contributed by atoms with Gasteiger partial charge in [0, 0.05) is 41.1 Å². The van der Waals surface area contributed by atoms with Crippen molar-refractivity contribution >= 4 is 34.4 Å². The number of fused-ring (bicyclic) bond motifs is 4. The van der Waals surface area contributed by atoms with Gasteiger partial charge in [-0.3, -0.25) is 14.6 Å². The third-order valence-electron chi connectivity index (χ3n) is 7.65.